The molecule has 0 bridgehead atoms. The van der Waals surface area contributed by atoms with Crippen LogP contribution in [0.2, 0.25) is 0 Å². The van der Waals surface area contributed by atoms with E-state index in [1.165, 1.54) is 0 Å². The van der Waals surface area contributed by atoms with E-state index in [4.69, 9.17) is 0 Å². The maximum Gasteiger partial charge on any atom is 0.263 e. The molecular weight excluding hydrogens is 292 g/mol. The van der Waals surface area contributed by atoms with E-state index in [0.29, 0.717) is 19.6 Å². The van der Waals surface area contributed by atoms with Crippen molar-refractivity contribution < 1.29 is 4.79 Å². The fourth-order valence-corrected chi connectivity index (χ4v) is 2.91. The second-order valence-electron chi connectivity index (χ2n) is 5.71. The summed E-state index contributed by atoms with van der Waals surface area (Å²) in [6.07, 6.45) is 2.55. The Balaban J connectivity index is 1.90. The quantitative estimate of drug-likeness (QED) is 0.865. The molecule has 0 spiro atoms. The van der Waals surface area contributed by atoms with Gasteiger partial charge in [-0.05, 0) is 26.0 Å². The summed E-state index contributed by atoms with van der Waals surface area (Å²) < 4.78 is 1.62. The van der Waals surface area contributed by atoms with Gasteiger partial charge in [0.2, 0.25) is 0 Å². The van der Waals surface area contributed by atoms with E-state index >= 15 is 0 Å². The van der Waals surface area contributed by atoms with Crippen LogP contribution in [0.5, 0.6) is 0 Å². The van der Waals surface area contributed by atoms with E-state index in [9.17, 15) is 9.59 Å². The molecule has 6 nitrogen and oxygen atoms in total. The lowest BCUT2D eigenvalue weighted by Gasteiger charge is -2.16. The summed E-state index contributed by atoms with van der Waals surface area (Å²) in [7, 11) is 0. The average molecular weight is 312 g/mol. The van der Waals surface area contributed by atoms with Crippen molar-refractivity contribution in [3.8, 4) is 0 Å². The van der Waals surface area contributed by atoms with Gasteiger partial charge in [0.05, 0.1) is 12.2 Å². The maximum absolute atomic E-state index is 12.7. The van der Waals surface area contributed by atoms with Gasteiger partial charge in [-0.3, -0.25) is 9.59 Å². The number of fused-ring (bicyclic) bond motifs is 1. The second kappa shape index (κ2) is 5.95. The molecule has 2 aromatic rings. The van der Waals surface area contributed by atoms with E-state index in [1.807, 2.05) is 26.8 Å². The summed E-state index contributed by atoms with van der Waals surface area (Å²) in [6.45, 7) is 7.21. The number of pyridine rings is 1. The molecule has 3 heterocycles. The zero-order valence-electron chi connectivity index (χ0n) is 13.7. The van der Waals surface area contributed by atoms with Crippen LogP contribution in [0.3, 0.4) is 0 Å². The fourth-order valence-electron chi connectivity index (χ4n) is 2.91. The summed E-state index contributed by atoms with van der Waals surface area (Å²) in [4.78, 5) is 35.6. The lowest BCUT2D eigenvalue weighted by Crippen LogP contribution is -2.34. The van der Waals surface area contributed by atoms with Crippen molar-refractivity contribution in [3.63, 3.8) is 0 Å². The van der Waals surface area contributed by atoms with Gasteiger partial charge in [0.1, 0.15) is 11.4 Å². The minimum atomic E-state index is -0.242. The Morgan fingerprint density at radius 1 is 1.26 bits per heavy atom. The molecule has 0 saturated carbocycles. The average Bonchev–Trinajstić information content (AvgIpc) is 2.97. The molecule has 1 aliphatic rings. The Hall–Kier alpha value is -2.50. The van der Waals surface area contributed by atoms with Gasteiger partial charge >= 0.3 is 0 Å². The summed E-state index contributed by atoms with van der Waals surface area (Å²) in [5.41, 5.74) is 2.69. The molecule has 120 valence electrons. The molecule has 0 aromatic carbocycles. The zero-order valence-corrected chi connectivity index (χ0v) is 13.7. The van der Waals surface area contributed by atoms with Gasteiger partial charge in [0.25, 0.3) is 11.5 Å². The Morgan fingerprint density at radius 2 is 2.04 bits per heavy atom. The van der Waals surface area contributed by atoms with Crippen molar-refractivity contribution >= 4 is 5.91 Å². The number of amides is 1. The normalized spacial score (nSPS) is 13.3. The SMILES string of the molecule is CCc1ncc2c(n1)CN(C(=O)c1ccc(C)n(CC)c1=O)C2. The number of hydrogen-bond acceptors (Lipinski definition) is 4. The van der Waals surface area contributed by atoms with Crippen LogP contribution in [-0.2, 0) is 26.1 Å². The maximum atomic E-state index is 12.7. The van der Waals surface area contributed by atoms with E-state index in [0.717, 1.165) is 29.2 Å². The molecule has 3 rings (SSSR count). The van der Waals surface area contributed by atoms with E-state index in [2.05, 4.69) is 9.97 Å². The Kier molecular flexibility index (Phi) is 3.98. The number of hydrogen-bond donors (Lipinski definition) is 0. The molecule has 1 aliphatic heterocycles. The van der Waals surface area contributed by atoms with Gasteiger partial charge in [-0.2, -0.15) is 0 Å². The first-order chi connectivity index (χ1) is 11.0. The Morgan fingerprint density at radius 3 is 2.74 bits per heavy atom. The third kappa shape index (κ3) is 2.65. The van der Waals surface area contributed by atoms with Crippen LogP contribution < -0.4 is 5.56 Å². The first-order valence-electron chi connectivity index (χ1n) is 7.88. The highest BCUT2D eigenvalue weighted by atomic mass is 16.2. The monoisotopic (exact) mass is 312 g/mol. The van der Waals surface area contributed by atoms with Crippen LogP contribution in [0.1, 0.15) is 47.0 Å². The first kappa shape index (κ1) is 15.4. The molecule has 2 aromatic heterocycles. The summed E-state index contributed by atoms with van der Waals surface area (Å²) in [6, 6.07) is 3.44. The van der Waals surface area contributed by atoms with E-state index in [-0.39, 0.29) is 17.0 Å². The number of nitrogens with zero attached hydrogens (tertiary/aromatic N) is 4. The van der Waals surface area contributed by atoms with Crippen molar-refractivity contribution in [2.45, 2.75) is 46.8 Å². The van der Waals surface area contributed by atoms with Crippen molar-refractivity contribution in [3.05, 3.63) is 57.0 Å². The highest BCUT2D eigenvalue weighted by Crippen LogP contribution is 2.21. The highest BCUT2D eigenvalue weighted by Gasteiger charge is 2.27. The van der Waals surface area contributed by atoms with Crippen LogP contribution in [0, 0.1) is 6.92 Å². The Labute approximate surface area is 134 Å². The lowest BCUT2D eigenvalue weighted by molar-refractivity contribution is 0.0748. The molecule has 0 radical (unpaired) electrons. The largest absolute Gasteiger partial charge is 0.328 e. The van der Waals surface area contributed by atoms with Crippen LogP contribution in [0.4, 0.5) is 0 Å². The number of aryl methyl sites for hydroxylation is 2. The minimum absolute atomic E-state index is 0.217. The summed E-state index contributed by atoms with van der Waals surface area (Å²) >= 11 is 0. The Bertz CT molecular complexity index is 826. The van der Waals surface area contributed by atoms with Gasteiger partial charge in [-0.25, -0.2) is 9.97 Å². The van der Waals surface area contributed by atoms with Crippen LogP contribution >= 0.6 is 0 Å². The number of aromatic nitrogens is 3. The van der Waals surface area contributed by atoms with Crippen LogP contribution in [0.25, 0.3) is 0 Å². The smallest absolute Gasteiger partial charge is 0.263 e. The van der Waals surface area contributed by atoms with E-state index < -0.39 is 0 Å². The van der Waals surface area contributed by atoms with Gasteiger partial charge in [0.15, 0.2) is 0 Å². The van der Waals surface area contributed by atoms with Crippen molar-refractivity contribution in [1.29, 1.82) is 0 Å². The second-order valence-corrected chi connectivity index (χ2v) is 5.71. The summed E-state index contributed by atoms with van der Waals surface area (Å²) in [5.74, 6) is 0.537. The van der Waals surface area contributed by atoms with Gasteiger partial charge in [0, 0.05) is 37.0 Å². The molecule has 6 heteroatoms. The molecule has 1 amide bonds. The predicted molar refractivity (Wildman–Crippen MR) is 86.1 cm³/mol. The molecule has 0 aliphatic carbocycles. The third-order valence-corrected chi connectivity index (χ3v) is 4.25. The minimum Gasteiger partial charge on any atom is -0.328 e. The fraction of sp³-hybridized carbons (Fsp3) is 0.412. The summed E-state index contributed by atoms with van der Waals surface area (Å²) in [5, 5.41) is 0. The molecule has 0 N–H and O–H groups in total. The van der Waals surface area contributed by atoms with Gasteiger partial charge < -0.3 is 9.47 Å². The van der Waals surface area contributed by atoms with Gasteiger partial charge in [-0.15, -0.1) is 0 Å². The van der Waals surface area contributed by atoms with Crippen molar-refractivity contribution in [2.24, 2.45) is 0 Å². The topological polar surface area (TPSA) is 68.1 Å². The van der Waals surface area contributed by atoms with Crippen LogP contribution in [0.15, 0.2) is 23.1 Å². The van der Waals surface area contributed by atoms with Crippen molar-refractivity contribution in [2.75, 3.05) is 0 Å². The highest BCUT2D eigenvalue weighted by molar-refractivity contribution is 5.94. The molecule has 23 heavy (non-hydrogen) atoms. The number of carbonyl (C=O) groups is 1. The lowest BCUT2D eigenvalue weighted by atomic mass is 10.2. The number of rotatable bonds is 3. The van der Waals surface area contributed by atoms with Crippen molar-refractivity contribution in [1.82, 2.24) is 19.4 Å². The standard InChI is InChI=1S/C17H20N4O2/c1-4-15-18-8-12-9-20(10-14(12)19-15)16(22)13-7-6-11(3)21(5-2)17(13)23/h6-8H,4-5,9-10H2,1-3H3. The van der Waals surface area contributed by atoms with Crippen LogP contribution in [-0.4, -0.2) is 25.3 Å². The molecule has 0 unspecified atom stereocenters. The molecule has 0 saturated heterocycles. The molecule has 0 fully saturated rings. The van der Waals surface area contributed by atoms with E-state index in [1.54, 1.807) is 21.7 Å². The zero-order chi connectivity index (χ0) is 16.6. The molecule has 0 atom stereocenters. The number of carbonyl (C=O) groups excluding carboxylic acids is 1. The predicted octanol–water partition coefficient (Wildman–Crippen LogP) is 1.69. The molecular formula is C17H20N4O2. The first-order valence-corrected chi connectivity index (χ1v) is 7.88. The van der Waals surface area contributed by atoms with Gasteiger partial charge in [-0.1, -0.05) is 6.92 Å². The third-order valence-electron chi connectivity index (χ3n) is 4.25.